The predicted octanol–water partition coefficient (Wildman–Crippen LogP) is 2.98. The Labute approximate surface area is 110 Å². The molecule has 0 amide bonds. The Morgan fingerprint density at radius 3 is 2.59 bits per heavy atom. The lowest BCUT2D eigenvalue weighted by atomic mass is 9.92. The number of aromatic nitrogens is 2. The molecule has 0 radical (unpaired) electrons. The lowest BCUT2D eigenvalue weighted by Gasteiger charge is -2.24. The van der Waals surface area contributed by atoms with E-state index in [-0.39, 0.29) is 0 Å². The molecule has 1 atom stereocenters. The molecule has 0 aliphatic carbocycles. The van der Waals surface area contributed by atoms with Crippen molar-refractivity contribution in [1.29, 1.82) is 0 Å². The summed E-state index contributed by atoms with van der Waals surface area (Å²) in [6, 6.07) is 7.06. The second-order valence-electron chi connectivity index (χ2n) is 4.05. The van der Waals surface area contributed by atoms with Crippen LogP contribution in [0.15, 0.2) is 30.5 Å². The molecule has 0 saturated carbocycles. The lowest BCUT2D eigenvalue weighted by Crippen LogP contribution is -2.26. The number of nitrogens with zero attached hydrogens (tertiary/aromatic N) is 2. The van der Waals surface area contributed by atoms with Gasteiger partial charge in [0.2, 0.25) is 0 Å². The Morgan fingerprint density at radius 2 is 2.06 bits per heavy atom. The van der Waals surface area contributed by atoms with E-state index in [1.54, 1.807) is 42.9 Å². The Balaban J connectivity index is 2.57. The molecule has 2 aromatic rings. The minimum Gasteiger partial charge on any atom is -0.379 e. The molecule has 0 aliphatic rings. The van der Waals surface area contributed by atoms with Crippen molar-refractivity contribution in [2.45, 2.75) is 12.5 Å². The quantitative estimate of drug-likeness (QED) is 0.911. The molecular formula is C12H12Cl2N2O. The number of halogens is 2. The number of aliphatic hydroxyl groups is 1. The van der Waals surface area contributed by atoms with Crippen LogP contribution in [0, 0.1) is 0 Å². The molecular weight excluding hydrogens is 259 g/mol. The predicted molar refractivity (Wildman–Crippen MR) is 68.3 cm³/mol. The van der Waals surface area contributed by atoms with Crippen LogP contribution in [0.1, 0.15) is 18.2 Å². The van der Waals surface area contributed by atoms with Crippen LogP contribution in [0.3, 0.4) is 0 Å². The summed E-state index contributed by atoms with van der Waals surface area (Å²) in [5.74, 6) is 0. The third kappa shape index (κ3) is 2.18. The molecule has 5 heteroatoms. The van der Waals surface area contributed by atoms with Crippen LogP contribution >= 0.6 is 23.2 Å². The molecule has 2 rings (SSSR count). The number of benzene rings is 1. The van der Waals surface area contributed by atoms with Crippen molar-refractivity contribution >= 4 is 23.2 Å². The number of rotatable bonds is 2. The van der Waals surface area contributed by atoms with Crippen LogP contribution in [0.25, 0.3) is 0 Å². The Kier molecular flexibility index (Phi) is 3.17. The monoisotopic (exact) mass is 270 g/mol. The van der Waals surface area contributed by atoms with Gasteiger partial charge in [-0.3, -0.25) is 4.68 Å². The third-order valence-corrected chi connectivity index (χ3v) is 3.25. The van der Waals surface area contributed by atoms with Gasteiger partial charge in [0.05, 0.1) is 16.9 Å². The fraction of sp³-hybridized carbons (Fsp3) is 0.250. The second kappa shape index (κ2) is 4.33. The van der Waals surface area contributed by atoms with Gasteiger partial charge in [0.15, 0.2) is 0 Å². The van der Waals surface area contributed by atoms with Gasteiger partial charge in [0.25, 0.3) is 0 Å². The number of hydrogen-bond donors (Lipinski definition) is 1. The fourth-order valence-corrected chi connectivity index (χ4v) is 2.43. The molecule has 0 bridgehead atoms. The third-order valence-electron chi connectivity index (χ3n) is 2.74. The first-order valence-electron chi connectivity index (χ1n) is 5.09. The summed E-state index contributed by atoms with van der Waals surface area (Å²) in [4.78, 5) is 0. The van der Waals surface area contributed by atoms with Crippen molar-refractivity contribution in [3.63, 3.8) is 0 Å². The van der Waals surface area contributed by atoms with Gasteiger partial charge < -0.3 is 5.11 Å². The zero-order valence-corrected chi connectivity index (χ0v) is 11.0. The standard InChI is InChI=1S/C12H12Cl2N2O/c1-12(17,8-4-3-5-9(13)6-8)11-10(14)7-15-16(11)2/h3-7,17H,1-2H3. The zero-order chi connectivity index (χ0) is 12.6. The first-order chi connectivity index (χ1) is 7.93. The van der Waals surface area contributed by atoms with Gasteiger partial charge in [-0.25, -0.2) is 0 Å². The van der Waals surface area contributed by atoms with Gasteiger partial charge in [-0.1, -0.05) is 35.3 Å². The van der Waals surface area contributed by atoms with Gasteiger partial charge in [-0.2, -0.15) is 5.10 Å². The number of aryl methyl sites for hydroxylation is 1. The van der Waals surface area contributed by atoms with E-state index in [0.29, 0.717) is 21.3 Å². The molecule has 1 aromatic heterocycles. The maximum atomic E-state index is 10.6. The maximum absolute atomic E-state index is 10.6. The van der Waals surface area contributed by atoms with Gasteiger partial charge in [0, 0.05) is 12.1 Å². The summed E-state index contributed by atoms with van der Waals surface area (Å²) in [5.41, 5.74) is -0.00955. The van der Waals surface area contributed by atoms with Gasteiger partial charge in [-0.15, -0.1) is 0 Å². The molecule has 0 fully saturated rings. The first-order valence-corrected chi connectivity index (χ1v) is 5.85. The second-order valence-corrected chi connectivity index (χ2v) is 4.89. The van der Waals surface area contributed by atoms with Crippen LogP contribution in [0.5, 0.6) is 0 Å². The topological polar surface area (TPSA) is 38.0 Å². The molecule has 1 N–H and O–H groups in total. The molecule has 0 saturated heterocycles. The summed E-state index contributed by atoms with van der Waals surface area (Å²) in [6.45, 7) is 1.67. The lowest BCUT2D eigenvalue weighted by molar-refractivity contribution is 0.0930. The molecule has 1 heterocycles. The maximum Gasteiger partial charge on any atom is 0.130 e. The average Bonchev–Trinajstić information content (AvgIpc) is 2.59. The largest absolute Gasteiger partial charge is 0.379 e. The van der Waals surface area contributed by atoms with Crippen LogP contribution in [-0.2, 0) is 12.6 Å². The first kappa shape index (κ1) is 12.4. The summed E-state index contributed by atoms with van der Waals surface area (Å²) in [6.07, 6.45) is 1.51. The van der Waals surface area contributed by atoms with Crippen LogP contribution in [-0.4, -0.2) is 14.9 Å². The van der Waals surface area contributed by atoms with Gasteiger partial charge in [0.1, 0.15) is 5.60 Å². The van der Waals surface area contributed by atoms with Crippen molar-refractivity contribution in [1.82, 2.24) is 9.78 Å². The van der Waals surface area contributed by atoms with Crippen molar-refractivity contribution in [2.24, 2.45) is 7.05 Å². The molecule has 0 spiro atoms. The summed E-state index contributed by atoms with van der Waals surface area (Å²) in [7, 11) is 1.74. The van der Waals surface area contributed by atoms with Crippen molar-refractivity contribution < 1.29 is 5.11 Å². The minimum atomic E-state index is -1.23. The van der Waals surface area contributed by atoms with Gasteiger partial charge in [-0.05, 0) is 24.6 Å². The Bertz CT molecular complexity index is 530. The van der Waals surface area contributed by atoms with E-state index < -0.39 is 5.60 Å². The van der Waals surface area contributed by atoms with E-state index in [4.69, 9.17) is 23.2 Å². The minimum absolute atomic E-state index is 0.428. The summed E-state index contributed by atoms with van der Waals surface area (Å²) >= 11 is 12.0. The van der Waals surface area contributed by atoms with Gasteiger partial charge >= 0.3 is 0 Å². The highest BCUT2D eigenvalue weighted by Gasteiger charge is 2.31. The molecule has 0 aliphatic heterocycles. The smallest absolute Gasteiger partial charge is 0.130 e. The highest BCUT2D eigenvalue weighted by Crippen LogP contribution is 2.34. The molecule has 3 nitrogen and oxygen atoms in total. The van der Waals surface area contributed by atoms with Crippen molar-refractivity contribution in [3.05, 3.63) is 51.8 Å². The van der Waals surface area contributed by atoms with Crippen LogP contribution in [0.4, 0.5) is 0 Å². The van der Waals surface area contributed by atoms with E-state index in [2.05, 4.69) is 5.10 Å². The Morgan fingerprint density at radius 1 is 1.35 bits per heavy atom. The molecule has 1 aromatic carbocycles. The average molecular weight is 271 g/mol. The van der Waals surface area contributed by atoms with Crippen molar-refractivity contribution in [2.75, 3.05) is 0 Å². The van der Waals surface area contributed by atoms with Crippen LogP contribution < -0.4 is 0 Å². The van der Waals surface area contributed by atoms with E-state index in [1.807, 2.05) is 0 Å². The fourth-order valence-electron chi connectivity index (χ4n) is 1.89. The highest BCUT2D eigenvalue weighted by molar-refractivity contribution is 6.31. The zero-order valence-electron chi connectivity index (χ0n) is 9.48. The van der Waals surface area contributed by atoms with Crippen LogP contribution in [0.2, 0.25) is 10.0 Å². The molecule has 90 valence electrons. The van der Waals surface area contributed by atoms with E-state index >= 15 is 0 Å². The van der Waals surface area contributed by atoms with E-state index in [0.717, 1.165) is 0 Å². The van der Waals surface area contributed by atoms with E-state index in [9.17, 15) is 5.11 Å². The summed E-state index contributed by atoms with van der Waals surface area (Å²) < 4.78 is 1.56. The highest BCUT2D eigenvalue weighted by atomic mass is 35.5. The molecule has 17 heavy (non-hydrogen) atoms. The summed E-state index contributed by atoms with van der Waals surface area (Å²) in [5, 5.41) is 15.6. The number of hydrogen-bond acceptors (Lipinski definition) is 2. The van der Waals surface area contributed by atoms with Crippen molar-refractivity contribution in [3.8, 4) is 0 Å². The SMILES string of the molecule is Cn1ncc(Cl)c1C(C)(O)c1cccc(Cl)c1. The Hall–Kier alpha value is -1.03. The molecule has 1 unspecified atom stereocenters. The normalized spacial score (nSPS) is 14.6. The van der Waals surface area contributed by atoms with E-state index in [1.165, 1.54) is 6.20 Å².